The van der Waals surface area contributed by atoms with Crippen LogP contribution in [0, 0.1) is 0 Å². The Morgan fingerprint density at radius 3 is 1.20 bits per heavy atom. The molecular weight excluding hydrogens is 300 g/mol. The maximum absolute atomic E-state index is 9.57. The number of nitrogens with two attached hydrogens (primary N) is 1. The second-order valence-corrected chi connectivity index (χ2v) is 2.11. The fourth-order valence-electron chi connectivity index (χ4n) is 0. The van der Waals surface area contributed by atoms with Gasteiger partial charge in [0.25, 0.3) is 0 Å². The van der Waals surface area contributed by atoms with Gasteiger partial charge in [0.1, 0.15) is 6.04 Å². The predicted octanol–water partition coefficient (Wildman–Crippen LogP) is -3.07. The molecule has 0 bridgehead atoms. The molecule has 0 aromatic rings. The van der Waals surface area contributed by atoms with E-state index in [0.717, 1.165) is 13.8 Å². The van der Waals surface area contributed by atoms with Crippen LogP contribution in [0.25, 0.3) is 0 Å². The molecular formula is C7H13NO6Pd. The molecule has 0 aliphatic heterocycles. The van der Waals surface area contributed by atoms with Crippen LogP contribution in [0.5, 0.6) is 0 Å². The van der Waals surface area contributed by atoms with Crippen molar-refractivity contribution in [2.45, 2.75) is 26.8 Å². The third-order valence-electron chi connectivity index (χ3n) is 0.390. The van der Waals surface area contributed by atoms with E-state index in [1.807, 2.05) is 0 Å². The number of hydrogen-bond acceptors (Lipinski definition) is 6. The average molecular weight is 314 g/mol. The van der Waals surface area contributed by atoms with Gasteiger partial charge < -0.3 is 30.6 Å². The number of aliphatic carboxylic acids is 3. The SMILES string of the molecule is CC(=O)[O-].CC(=O)[O-].C[C@H](N)C(=O)O.[Pd+2]. The number of carboxylic acids is 3. The van der Waals surface area contributed by atoms with Gasteiger partial charge in [-0.25, -0.2) is 0 Å². The molecule has 0 radical (unpaired) electrons. The molecule has 0 amide bonds. The molecule has 3 N–H and O–H groups in total. The van der Waals surface area contributed by atoms with E-state index in [4.69, 9.17) is 30.6 Å². The molecule has 0 saturated carbocycles. The molecule has 0 heterocycles. The van der Waals surface area contributed by atoms with Crippen LogP contribution in [0.15, 0.2) is 0 Å². The van der Waals surface area contributed by atoms with Crippen LogP contribution < -0.4 is 15.9 Å². The summed E-state index contributed by atoms with van der Waals surface area (Å²) < 4.78 is 0. The molecule has 0 aromatic heterocycles. The van der Waals surface area contributed by atoms with Gasteiger partial charge in [-0.2, -0.15) is 0 Å². The van der Waals surface area contributed by atoms with Crippen molar-refractivity contribution in [2.24, 2.45) is 5.73 Å². The van der Waals surface area contributed by atoms with Crippen molar-refractivity contribution in [3.05, 3.63) is 0 Å². The third kappa shape index (κ3) is 173. The molecule has 0 rings (SSSR count). The number of carbonyl (C=O) groups excluding carboxylic acids is 2. The minimum absolute atomic E-state index is 0. The summed E-state index contributed by atoms with van der Waals surface area (Å²) in [6.45, 7) is 3.36. The Kier molecular flexibility index (Phi) is 24.5. The van der Waals surface area contributed by atoms with Crippen LogP contribution in [0.4, 0.5) is 0 Å². The zero-order valence-electron chi connectivity index (χ0n) is 8.46. The largest absolute Gasteiger partial charge is 2.00 e. The van der Waals surface area contributed by atoms with Crippen molar-refractivity contribution in [2.75, 3.05) is 0 Å². The van der Waals surface area contributed by atoms with Gasteiger partial charge in [0, 0.05) is 11.9 Å². The summed E-state index contributed by atoms with van der Waals surface area (Å²) in [5.41, 5.74) is 4.84. The van der Waals surface area contributed by atoms with E-state index in [-0.39, 0.29) is 20.4 Å². The molecule has 0 fully saturated rings. The van der Waals surface area contributed by atoms with Gasteiger partial charge in [0.15, 0.2) is 0 Å². The van der Waals surface area contributed by atoms with Crippen LogP contribution in [-0.2, 0) is 34.8 Å². The number of carboxylic acid groups (broad SMARTS) is 3. The fourth-order valence-corrected chi connectivity index (χ4v) is 0. The van der Waals surface area contributed by atoms with Gasteiger partial charge >= 0.3 is 26.4 Å². The van der Waals surface area contributed by atoms with Crippen molar-refractivity contribution >= 4 is 17.9 Å². The van der Waals surface area contributed by atoms with Crippen molar-refractivity contribution in [3.8, 4) is 0 Å². The van der Waals surface area contributed by atoms with Crippen LogP contribution in [0.3, 0.4) is 0 Å². The fraction of sp³-hybridized carbons (Fsp3) is 0.571. The van der Waals surface area contributed by atoms with Crippen LogP contribution in [-0.4, -0.2) is 29.1 Å². The Bertz CT molecular complexity index is 174. The summed E-state index contributed by atoms with van der Waals surface area (Å²) >= 11 is 0. The second kappa shape index (κ2) is 15.5. The summed E-state index contributed by atoms with van der Waals surface area (Å²) in [4.78, 5) is 27.4. The molecule has 1 atom stereocenters. The molecule has 0 aromatic carbocycles. The van der Waals surface area contributed by atoms with Crippen molar-refractivity contribution in [1.82, 2.24) is 0 Å². The average Bonchev–Trinajstić information content (AvgIpc) is 1.83. The van der Waals surface area contributed by atoms with E-state index in [1.54, 1.807) is 0 Å². The first-order valence-corrected chi connectivity index (χ1v) is 3.44. The van der Waals surface area contributed by atoms with Crippen LogP contribution in [0.1, 0.15) is 20.8 Å². The Hall–Kier alpha value is -0.968. The number of rotatable bonds is 1. The zero-order valence-corrected chi connectivity index (χ0v) is 10.0. The molecule has 0 aliphatic carbocycles. The normalized spacial score (nSPS) is 8.80. The summed E-state index contributed by atoms with van der Waals surface area (Å²) in [5.74, 6) is -3.13. The van der Waals surface area contributed by atoms with E-state index in [2.05, 4.69) is 0 Å². The van der Waals surface area contributed by atoms with Gasteiger partial charge in [-0.1, -0.05) is 0 Å². The first kappa shape index (κ1) is 23.7. The second-order valence-electron chi connectivity index (χ2n) is 2.11. The molecule has 0 saturated heterocycles. The van der Waals surface area contributed by atoms with Gasteiger partial charge in [-0.3, -0.25) is 4.79 Å². The number of hydrogen-bond donors (Lipinski definition) is 2. The van der Waals surface area contributed by atoms with Crippen LogP contribution >= 0.6 is 0 Å². The quantitative estimate of drug-likeness (QED) is 0.489. The third-order valence-corrected chi connectivity index (χ3v) is 0.390. The first-order valence-electron chi connectivity index (χ1n) is 3.44. The summed E-state index contributed by atoms with van der Waals surface area (Å²) in [7, 11) is 0. The van der Waals surface area contributed by atoms with E-state index in [1.165, 1.54) is 6.92 Å². The Balaban J connectivity index is -0.0000000606. The minimum atomic E-state index is -1.08. The van der Waals surface area contributed by atoms with E-state index in [0.29, 0.717) is 0 Å². The topological polar surface area (TPSA) is 144 Å². The molecule has 8 heteroatoms. The van der Waals surface area contributed by atoms with E-state index in [9.17, 15) is 4.79 Å². The Morgan fingerprint density at radius 2 is 1.20 bits per heavy atom. The van der Waals surface area contributed by atoms with Gasteiger partial charge in [0.2, 0.25) is 0 Å². The predicted molar refractivity (Wildman–Crippen MR) is 42.6 cm³/mol. The van der Waals surface area contributed by atoms with Crippen molar-refractivity contribution < 1.29 is 50.1 Å². The maximum atomic E-state index is 9.57. The Labute approximate surface area is 101 Å². The number of carbonyl (C=O) groups is 3. The first-order chi connectivity index (χ1) is 6.11. The van der Waals surface area contributed by atoms with Crippen molar-refractivity contribution in [1.29, 1.82) is 0 Å². The van der Waals surface area contributed by atoms with Gasteiger partial charge in [0.05, 0.1) is 0 Å². The van der Waals surface area contributed by atoms with E-state index < -0.39 is 23.9 Å². The smallest absolute Gasteiger partial charge is 0.550 e. The van der Waals surface area contributed by atoms with Crippen molar-refractivity contribution in [3.63, 3.8) is 0 Å². The maximum Gasteiger partial charge on any atom is 2.00 e. The zero-order chi connectivity index (χ0) is 12.3. The molecule has 0 spiro atoms. The van der Waals surface area contributed by atoms with Gasteiger partial charge in [-0.15, -0.1) is 0 Å². The standard InChI is InChI=1S/C3H7NO2.2C2H4O2.Pd/c1-2(4)3(5)6;2*1-2(3)4;/h2H,4H2,1H3,(H,5,6);2*1H3,(H,3,4);/q;;;+2/p-2/t2-;;;/m0.../s1. The molecule has 0 aliphatic rings. The molecule has 15 heavy (non-hydrogen) atoms. The summed E-state index contributed by atoms with van der Waals surface area (Å²) in [6.07, 6.45) is 0. The molecule has 7 nitrogen and oxygen atoms in total. The van der Waals surface area contributed by atoms with E-state index >= 15 is 0 Å². The monoisotopic (exact) mass is 313 g/mol. The summed E-state index contributed by atoms with van der Waals surface area (Å²) in [5, 5.41) is 25.6. The van der Waals surface area contributed by atoms with Crippen LogP contribution in [0.2, 0.25) is 0 Å². The summed E-state index contributed by atoms with van der Waals surface area (Å²) in [6, 6.07) is -0.731. The Morgan fingerprint density at radius 1 is 1.13 bits per heavy atom. The van der Waals surface area contributed by atoms with Gasteiger partial charge in [-0.05, 0) is 20.8 Å². The molecule has 0 unspecified atom stereocenters. The molecule has 92 valence electrons. The minimum Gasteiger partial charge on any atom is -0.550 e.